The van der Waals surface area contributed by atoms with Crippen LogP contribution in [0.3, 0.4) is 0 Å². The van der Waals surface area contributed by atoms with Crippen molar-refractivity contribution in [3.05, 3.63) is 17.2 Å². The van der Waals surface area contributed by atoms with E-state index in [0.29, 0.717) is 30.5 Å². The van der Waals surface area contributed by atoms with Crippen LogP contribution in [0.2, 0.25) is 5.02 Å². The van der Waals surface area contributed by atoms with Gasteiger partial charge in [0.15, 0.2) is 11.5 Å². The van der Waals surface area contributed by atoms with Gasteiger partial charge in [0.25, 0.3) is 0 Å². The normalized spacial score (nSPS) is 27.9. The van der Waals surface area contributed by atoms with E-state index in [2.05, 4.69) is 0 Å². The number of rotatable bonds is 4. The van der Waals surface area contributed by atoms with Gasteiger partial charge >= 0.3 is 0 Å². The molecule has 0 aromatic heterocycles. The zero-order chi connectivity index (χ0) is 16.8. The van der Waals surface area contributed by atoms with Crippen molar-refractivity contribution >= 4 is 21.6 Å². The number of ether oxygens (including phenoxy) is 2. The summed E-state index contributed by atoms with van der Waals surface area (Å²) in [5.41, 5.74) is 6.09. The molecular weight excluding hydrogens is 340 g/mol. The van der Waals surface area contributed by atoms with Gasteiger partial charge in [-0.3, -0.25) is 0 Å². The Morgan fingerprint density at radius 2 is 1.83 bits per heavy atom. The Bertz CT molecular complexity index is 710. The highest BCUT2D eigenvalue weighted by Crippen LogP contribution is 2.42. The fourth-order valence-electron chi connectivity index (χ4n) is 3.64. The van der Waals surface area contributed by atoms with Crippen LogP contribution >= 0.6 is 11.6 Å². The quantitative estimate of drug-likeness (QED) is 0.884. The Hall–Kier alpha value is -1.02. The maximum absolute atomic E-state index is 13.0. The molecule has 2 N–H and O–H groups in total. The first-order valence-corrected chi connectivity index (χ1v) is 9.37. The van der Waals surface area contributed by atoms with Crippen LogP contribution in [0.4, 0.5) is 0 Å². The first-order valence-electron chi connectivity index (χ1n) is 7.55. The monoisotopic (exact) mass is 360 g/mol. The van der Waals surface area contributed by atoms with Crippen molar-refractivity contribution in [3.63, 3.8) is 0 Å². The van der Waals surface area contributed by atoms with E-state index in [1.165, 1.54) is 30.7 Å². The van der Waals surface area contributed by atoms with E-state index in [9.17, 15) is 8.42 Å². The minimum absolute atomic E-state index is 0.0466. The van der Waals surface area contributed by atoms with Crippen LogP contribution in [0, 0.1) is 11.8 Å². The number of benzene rings is 1. The first kappa shape index (κ1) is 16.8. The molecule has 0 amide bonds. The van der Waals surface area contributed by atoms with Crippen molar-refractivity contribution in [3.8, 4) is 11.5 Å². The van der Waals surface area contributed by atoms with E-state index in [4.69, 9.17) is 26.8 Å². The number of nitrogens with two attached hydrogens (primary N) is 1. The Balaban J connectivity index is 1.94. The molecule has 1 aliphatic heterocycles. The van der Waals surface area contributed by atoms with Crippen LogP contribution in [0.15, 0.2) is 17.0 Å². The SMILES string of the molecule is COc1cc(Cl)c(S(=O)(=O)N2CC3CCC(N)C3C2)cc1OC. The van der Waals surface area contributed by atoms with Crippen LogP contribution < -0.4 is 15.2 Å². The summed E-state index contributed by atoms with van der Waals surface area (Å²) in [5.74, 6) is 1.32. The minimum atomic E-state index is -3.68. The Morgan fingerprint density at radius 3 is 2.43 bits per heavy atom. The molecule has 23 heavy (non-hydrogen) atoms. The third-order valence-corrected chi connectivity index (χ3v) is 7.23. The molecule has 0 spiro atoms. The number of methoxy groups -OCH3 is 2. The molecule has 8 heteroatoms. The highest BCUT2D eigenvalue weighted by atomic mass is 35.5. The summed E-state index contributed by atoms with van der Waals surface area (Å²) in [6, 6.07) is 2.97. The molecule has 0 bridgehead atoms. The molecule has 1 saturated heterocycles. The van der Waals surface area contributed by atoms with Crippen LogP contribution in [0.1, 0.15) is 12.8 Å². The van der Waals surface area contributed by atoms with E-state index in [1.807, 2.05) is 0 Å². The third-order valence-electron chi connectivity index (χ3n) is 4.93. The number of nitrogens with zero attached hydrogens (tertiary/aromatic N) is 1. The average Bonchev–Trinajstić information content (AvgIpc) is 3.09. The second-order valence-electron chi connectivity index (χ2n) is 6.12. The number of sulfonamides is 1. The number of hydrogen-bond donors (Lipinski definition) is 1. The fraction of sp³-hybridized carbons (Fsp3) is 0.600. The van der Waals surface area contributed by atoms with Crippen molar-refractivity contribution < 1.29 is 17.9 Å². The van der Waals surface area contributed by atoms with Gasteiger partial charge in [0.2, 0.25) is 10.0 Å². The first-order chi connectivity index (χ1) is 10.9. The Kier molecular flexibility index (Phi) is 4.48. The van der Waals surface area contributed by atoms with E-state index < -0.39 is 10.0 Å². The van der Waals surface area contributed by atoms with Gasteiger partial charge in [0.1, 0.15) is 4.90 Å². The summed E-state index contributed by atoms with van der Waals surface area (Å²) in [4.78, 5) is 0.0466. The molecule has 0 radical (unpaired) electrons. The fourth-order valence-corrected chi connectivity index (χ4v) is 5.68. The average molecular weight is 361 g/mol. The molecule has 3 unspecified atom stereocenters. The molecule has 3 rings (SSSR count). The molecule has 128 valence electrons. The topological polar surface area (TPSA) is 81.9 Å². The van der Waals surface area contributed by atoms with Gasteiger partial charge in [-0.1, -0.05) is 11.6 Å². The maximum atomic E-state index is 13.0. The van der Waals surface area contributed by atoms with Gasteiger partial charge < -0.3 is 15.2 Å². The molecule has 1 aliphatic carbocycles. The van der Waals surface area contributed by atoms with Crippen molar-refractivity contribution in [2.24, 2.45) is 17.6 Å². The maximum Gasteiger partial charge on any atom is 0.244 e. The molecule has 1 saturated carbocycles. The second kappa shape index (κ2) is 6.12. The van der Waals surface area contributed by atoms with Gasteiger partial charge in [-0.2, -0.15) is 4.31 Å². The summed E-state index contributed by atoms with van der Waals surface area (Å²) in [6.45, 7) is 0.963. The second-order valence-corrected chi connectivity index (χ2v) is 8.44. The zero-order valence-corrected chi connectivity index (χ0v) is 14.7. The zero-order valence-electron chi connectivity index (χ0n) is 13.2. The summed E-state index contributed by atoms with van der Waals surface area (Å²) < 4.78 is 37.8. The predicted octanol–water partition coefficient (Wildman–Crippen LogP) is 1.72. The third kappa shape index (κ3) is 2.80. The molecule has 1 heterocycles. The van der Waals surface area contributed by atoms with E-state index in [0.717, 1.165) is 12.8 Å². The largest absolute Gasteiger partial charge is 0.493 e. The van der Waals surface area contributed by atoms with Crippen molar-refractivity contribution in [1.82, 2.24) is 4.31 Å². The summed E-state index contributed by atoms with van der Waals surface area (Å²) in [5, 5.41) is 0.129. The molecule has 1 aromatic rings. The van der Waals surface area contributed by atoms with Gasteiger partial charge in [-0.05, 0) is 24.7 Å². The van der Waals surface area contributed by atoms with Gasteiger partial charge in [-0.15, -0.1) is 0 Å². The highest BCUT2D eigenvalue weighted by molar-refractivity contribution is 7.89. The summed E-state index contributed by atoms with van der Waals surface area (Å²) in [7, 11) is -0.745. The lowest BCUT2D eigenvalue weighted by Gasteiger charge is -2.20. The van der Waals surface area contributed by atoms with Crippen molar-refractivity contribution in [2.45, 2.75) is 23.8 Å². The van der Waals surface area contributed by atoms with E-state index in [1.54, 1.807) is 0 Å². The van der Waals surface area contributed by atoms with E-state index in [-0.39, 0.29) is 21.9 Å². The van der Waals surface area contributed by atoms with Gasteiger partial charge in [0, 0.05) is 31.3 Å². The number of fused-ring (bicyclic) bond motifs is 1. The van der Waals surface area contributed by atoms with Crippen LogP contribution in [-0.4, -0.2) is 46.1 Å². The standard InChI is InChI=1S/C15H21ClN2O4S/c1-21-13-5-11(16)15(6-14(13)22-2)23(19,20)18-7-9-3-4-12(17)10(9)8-18/h5-6,9-10,12H,3-4,7-8,17H2,1-2H3. The van der Waals surface area contributed by atoms with E-state index >= 15 is 0 Å². The molecular formula is C15H21ClN2O4S. The molecule has 6 nitrogen and oxygen atoms in total. The molecule has 1 aromatic carbocycles. The van der Waals surface area contributed by atoms with Crippen LogP contribution in [0.5, 0.6) is 11.5 Å². The predicted molar refractivity (Wildman–Crippen MR) is 87.5 cm³/mol. The minimum Gasteiger partial charge on any atom is -0.493 e. The molecule has 2 fully saturated rings. The highest BCUT2D eigenvalue weighted by Gasteiger charge is 2.45. The summed E-state index contributed by atoms with van der Waals surface area (Å²) >= 11 is 6.18. The number of halogens is 1. The van der Waals surface area contributed by atoms with Gasteiger partial charge in [-0.25, -0.2) is 8.42 Å². The lowest BCUT2D eigenvalue weighted by atomic mass is 9.98. The van der Waals surface area contributed by atoms with Crippen molar-refractivity contribution in [1.29, 1.82) is 0 Å². The smallest absolute Gasteiger partial charge is 0.244 e. The lowest BCUT2D eigenvalue weighted by Crippen LogP contribution is -2.33. The Morgan fingerprint density at radius 1 is 1.17 bits per heavy atom. The Labute approximate surface area is 141 Å². The van der Waals surface area contributed by atoms with Crippen LogP contribution in [-0.2, 0) is 10.0 Å². The lowest BCUT2D eigenvalue weighted by molar-refractivity contribution is 0.353. The molecule has 2 aliphatic rings. The molecule has 3 atom stereocenters. The van der Waals surface area contributed by atoms with Gasteiger partial charge in [0.05, 0.1) is 19.2 Å². The summed E-state index contributed by atoms with van der Waals surface area (Å²) in [6.07, 6.45) is 1.96. The number of hydrogen-bond acceptors (Lipinski definition) is 5. The van der Waals surface area contributed by atoms with Crippen LogP contribution in [0.25, 0.3) is 0 Å². The van der Waals surface area contributed by atoms with Crippen molar-refractivity contribution in [2.75, 3.05) is 27.3 Å².